The van der Waals surface area contributed by atoms with E-state index in [0.717, 1.165) is 6.42 Å². The fourth-order valence-electron chi connectivity index (χ4n) is 1.55. The SMILES string of the molecule is CCOc1nc(C(C)C)nc(NC(C)CC)c1[N+](=O)[O-]. The van der Waals surface area contributed by atoms with Crippen LogP contribution in [-0.4, -0.2) is 27.5 Å². The van der Waals surface area contributed by atoms with Gasteiger partial charge in [-0.25, -0.2) is 4.98 Å². The minimum absolute atomic E-state index is 0.0296. The predicted molar refractivity (Wildman–Crippen MR) is 77.3 cm³/mol. The molecule has 7 heteroatoms. The van der Waals surface area contributed by atoms with Crippen molar-refractivity contribution in [2.24, 2.45) is 0 Å². The summed E-state index contributed by atoms with van der Waals surface area (Å²) < 4.78 is 5.31. The van der Waals surface area contributed by atoms with Crippen LogP contribution in [0, 0.1) is 10.1 Å². The van der Waals surface area contributed by atoms with Crippen LogP contribution in [0.3, 0.4) is 0 Å². The summed E-state index contributed by atoms with van der Waals surface area (Å²) in [5.41, 5.74) is -0.198. The highest BCUT2D eigenvalue weighted by atomic mass is 16.6. The van der Waals surface area contributed by atoms with Crippen LogP contribution in [0.1, 0.15) is 52.8 Å². The smallest absolute Gasteiger partial charge is 0.372 e. The van der Waals surface area contributed by atoms with Gasteiger partial charge in [-0.05, 0) is 20.3 Å². The Hall–Kier alpha value is -1.92. The number of hydrogen-bond acceptors (Lipinski definition) is 6. The normalized spacial score (nSPS) is 12.3. The third kappa shape index (κ3) is 3.79. The van der Waals surface area contributed by atoms with Gasteiger partial charge in [0.15, 0.2) is 0 Å². The summed E-state index contributed by atoms with van der Waals surface area (Å²) >= 11 is 0. The third-order valence-corrected chi connectivity index (χ3v) is 2.84. The van der Waals surface area contributed by atoms with Gasteiger partial charge in [0.1, 0.15) is 5.82 Å². The van der Waals surface area contributed by atoms with E-state index in [1.807, 2.05) is 27.7 Å². The molecular weight excluding hydrogens is 260 g/mol. The Morgan fingerprint density at radius 1 is 1.30 bits per heavy atom. The molecule has 0 aliphatic rings. The van der Waals surface area contributed by atoms with Crippen molar-refractivity contribution in [3.05, 3.63) is 15.9 Å². The van der Waals surface area contributed by atoms with E-state index in [0.29, 0.717) is 12.4 Å². The molecule has 1 rings (SSSR count). The Morgan fingerprint density at radius 3 is 2.40 bits per heavy atom. The van der Waals surface area contributed by atoms with Crippen LogP contribution in [0.2, 0.25) is 0 Å². The number of rotatable bonds is 7. The average Bonchev–Trinajstić information content (AvgIpc) is 2.37. The van der Waals surface area contributed by atoms with Crippen LogP contribution in [0.5, 0.6) is 5.88 Å². The van der Waals surface area contributed by atoms with Crippen molar-refractivity contribution in [2.75, 3.05) is 11.9 Å². The molecule has 7 nitrogen and oxygen atoms in total. The van der Waals surface area contributed by atoms with Gasteiger partial charge in [-0.15, -0.1) is 0 Å². The van der Waals surface area contributed by atoms with E-state index in [1.54, 1.807) is 6.92 Å². The molecule has 0 amide bonds. The molecule has 1 atom stereocenters. The summed E-state index contributed by atoms with van der Waals surface area (Å²) in [4.78, 5) is 19.2. The highest BCUT2D eigenvalue weighted by Crippen LogP contribution is 2.33. The summed E-state index contributed by atoms with van der Waals surface area (Å²) in [6.45, 7) is 9.90. The molecule has 1 unspecified atom stereocenters. The van der Waals surface area contributed by atoms with E-state index in [1.165, 1.54) is 0 Å². The first-order valence-corrected chi connectivity index (χ1v) is 6.86. The highest BCUT2D eigenvalue weighted by molar-refractivity contribution is 5.62. The molecule has 1 aromatic rings. The van der Waals surface area contributed by atoms with Gasteiger partial charge < -0.3 is 10.1 Å². The van der Waals surface area contributed by atoms with E-state index in [4.69, 9.17) is 4.74 Å². The van der Waals surface area contributed by atoms with Gasteiger partial charge in [0.2, 0.25) is 5.82 Å². The Bertz CT molecular complexity index is 477. The number of nitro groups is 1. The summed E-state index contributed by atoms with van der Waals surface area (Å²) in [5.74, 6) is 0.853. The molecule has 112 valence electrons. The van der Waals surface area contributed by atoms with Crippen LogP contribution in [-0.2, 0) is 0 Å². The van der Waals surface area contributed by atoms with Crippen molar-refractivity contribution in [3.63, 3.8) is 0 Å². The number of nitrogens with one attached hydrogen (secondary N) is 1. The molecule has 0 aliphatic carbocycles. The van der Waals surface area contributed by atoms with Gasteiger partial charge in [-0.3, -0.25) is 10.1 Å². The lowest BCUT2D eigenvalue weighted by Gasteiger charge is -2.15. The van der Waals surface area contributed by atoms with Crippen molar-refractivity contribution in [1.82, 2.24) is 9.97 Å². The van der Waals surface area contributed by atoms with Crippen LogP contribution in [0.4, 0.5) is 11.5 Å². The van der Waals surface area contributed by atoms with E-state index < -0.39 is 4.92 Å². The zero-order chi connectivity index (χ0) is 15.3. The van der Waals surface area contributed by atoms with E-state index >= 15 is 0 Å². The van der Waals surface area contributed by atoms with Crippen LogP contribution in [0.25, 0.3) is 0 Å². The number of hydrogen-bond donors (Lipinski definition) is 1. The van der Waals surface area contributed by atoms with E-state index in [-0.39, 0.29) is 29.3 Å². The zero-order valence-corrected chi connectivity index (χ0v) is 12.6. The zero-order valence-electron chi connectivity index (χ0n) is 12.6. The molecule has 0 aliphatic heterocycles. The lowest BCUT2D eigenvalue weighted by molar-refractivity contribution is -0.385. The summed E-state index contributed by atoms with van der Waals surface area (Å²) in [6, 6.07) is 0.0816. The van der Waals surface area contributed by atoms with Gasteiger partial charge in [-0.1, -0.05) is 20.8 Å². The Morgan fingerprint density at radius 2 is 1.95 bits per heavy atom. The van der Waals surface area contributed by atoms with E-state index in [2.05, 4.69) is 15.3 Å². The molecule has 0 radical (unpaired) electrons. The maximum absolute atomic E-state index is 11.3. The van der Waals surface area contributed by atoms with Crippen LogP contribution < -0.4 is 10.1 Å². The Labute approximate surface area is 118 Å². The molecule has 0 saturated heterocycles. The molecule has 0 bridgehead atoms. The Kier molecular flexibility index (Phi) is 5.66. The third-order valence-electron chi connectivity index (χ3n) is 2.84. The number of ether oxygens (including phenoxy) is 1. The second-order valence-corrected chi connectivity index (χ2v) is 4.88. The lowest BCUT2D eigenvalue weighted by atomic mass is 10.2. The van der Waals surface area contributed by atoms with Crippen molar-refractivity contribution in [3.8, 4) is 5.88 Å². The molecule has 20 heavy (non-hydrogen) atoms. The van der Waals surface area contributed by atoms with Crippen molar-refractivity contribution >= 4 is 11.5 Å². The van der Waals surface area contributed by atoms with Gasteiger partial charge in [-0.2, -0.15) is 4.98 Å². The van der Waals surface area contributed by atoms with Gasteiger partial charge >= 0.3 is 5.69 Å². The van der Waals surface area contributed by atoms with Gasteiger partial charge in [0, 0.05) is 12.0 Å². The molecule has 1 N–H and O–H groups in total. The standard InChI is InChI=1S/C13H22N4O3/c1-6-9(5)14-12-10(17(18)19)13(20-7-2)16-11(15-12)8(3)4/h8-9H,6-7H2,1-5H3,(H,14,15,16). The summed E-state index contributed by atoms with van der Waals surface area (Å²) in [6.07, 6.45) is 0.835. The maximum Gasteiger partial charge on any atom is 0.372 e. The molecule has 0 fully saturated rings. The molecule has 0 aromatic carbocycles. The fraction of sp³-hybridized carbons (Fsp3) is 0.692. The topological polar surface area (TPSA) is 90.2 Å². The minimum Gasteiger partial charge on any atom is -0.473 e. The quantitative estimate of drug-likeness (QED) is 0.610. The highest BCUT2D eigenvalue weighted by Gasteiger charge is 2.27. The number of aromatic nitrogens is 2. The van der Waals surface area contributed by atoms with Gasteiger partial charge in [0.05, 0.1) is 11.5 Å². The van der Waals surface area contributed by atoms with Crippen molar-refractivity contribution in [2.45, 2.75) is 53.0 Å². The Balaban J connectivity index is 3.37. The molecule has 0 saturated carbocycles. The van der Waals surface area contributed by atoms with Gasteiger partial charge in [0.25, 0.3) is 5.88 Å². The first kappa shape index (κ1) is 16.1. The van der Waals surface area contributed by atoms with E-state index in [9.17, 15) is 10.1 Å². The summed E-state index contributed by atoms with van der Waals surface area (Å²) in [5, 5.41) is 14.3. The van der Waals surface area contributed by atoms with Crippen molar-refractivity contribution in [1.29, 1.82) is 0 Å². The lowest BCUT2D eigenvalue weighted by Crippen LogP contribution is -2.18. The molecular formula is C13H22N4O3. The molecule has 1 aromatic heterocycles. The second-order valence-electron chi connectivity index (χ2n) is 4.88. The molecule has 0 spiro atoms. The van der Waals surface area contributed by atoms with Crippen LogP contribution >= 0.6 is 0 Å². The maximum atomic E-state index is 11.3. The first-order valence-electron chi connectivity index (χ1n) is 6.86. The largest absolute Gasteiger partial charge is 0.473 e. The predicted octanol–water partition coefficient (Wildman–Crippen LogP) is 3.12. The first-order chi connectivity index (χ1) is 9.40. The minimum atomic E-state index is -0.500. The number of nitrogens with zero attached hydrogens (tertiary/aromatic N) is 3. The second kappa shape index (κ2) is 7.02. The van der Waals surface area contributed by atoms with Crippen LogP contribution in [0.15, 0.2) is 0 Å². The average molecular weight is 282 g/mol. The fourth-order valence-corrected chi connectivity index (χ4v) is 1.55. The summed E-state index contributed by atoms with van der Waals surface area (Å²) in [7, 11) is 0. The monoisotopic (exact) mass is 282 g/mol. The van der Waals surface area contributed by atoms with Crippen molar-refractivity contribution < 1.29 is 9.66 Å². The molecule has 1 heterocycles. The number of anilines is 1.